The Morgan fingerprint density at radius 3 is 1.41 bits per heavy atom. The van der Waals surface area contributed by atoms with Gasteiger partial charge in [0.05, 0.1) is 58.3 Å². The van der Waals surface area contributed by atoms with Crippen molar-refractivity contribution in [2.45, 2.75) is 125 Å². The second-order valence-electron chi connectivity index (χ2n) is 16.9. The molecule has 234 valence electrons. The zero-order valence-electron chi connectivity index (χ0n) is 27.5. The number of hydrogen-bond acceptors (Lipinski definition) is 8. The standard InChI is InChI=1S/C31H66N4O4/c1-24(32)12-36-20-31(21-37-17-25(2,3)13-27(6,7)33,22-38-18-26(4,5)14-28(8,9)34)23-39-19-29(10)15-30(11,35)16-29/h24H,12-23,32-35H2,1-11H3. The number of nitrogens with two attached hydrogens (primary N) is 4. The molecule has 0 aromatic heterocycles. The van der Waals surface area contributed by atoms with E-state index in [4.69, 9.17) is 41.9 Å². The first kappa shape index (κ1) is 36.7. The SMILES string of the molecule is CC(N)COCC(COCC(C)(C)CC(C)(C)N)(COCC(C)(C)CC(C)(C)N)COCC1(C)CC(C)(N)C1. The number of ether oxygens (including phenoxy) is 4. The zero-order chi connectivity index (χ0) is 30.4. The molecule has 0 heterocycles. The van der Waals surface area contributed by atoms with Crippen LogP contribution in [-0.2, 0) is 18.9 Å². The average Bonchev–Trinajstić information content (AvgIpc) is 2.61. The topological polar surface area (TPSA) is 141 Å². The van der Waals surface area contributed by atoms with Crippen molar-refractivity contribution in [3.05, 3.63) is 0 Å². The largest absolute Gasteiger partial charge is 0.380 e. The van der Waals surface area contributed by atoms with Crippen LogP contribution in [0.15, 0.2) is 0 Å². The maximum absolute atomic E-state index is 6.42. The van der Waals surface area contributed by atoms with E-state index < -0.39 is 5.41 Å². The minimum Gasteiger partial charge on any atom is -0.380 e. The van der Waals surface area contributed by atoms with Crippen LogP contribution in [0.4, 0.5) is 0 Å². The summed E-state index contributed by atoms with van der Waals surface area (Å²) in [6.45, 7) is 27.4. The molecule has 8 heteroatoms. The average molecular weight is 559 g/mol. The van der Waals surface area contributed by atoms with E-state index in [1.54, 1.807) is 0 Å². The molecule has 8 N–H and O–H groups in total. The molecule has 0 radical (unpaired) electrons. The fourth-order valence-electron chi connectivity index (χ4n) is 6.88. The highest BCUT2D eigenvalue weighted by Crippen LogP contribution is 2.46. The predicted octanol–water partition coefficient (Wildman–Crippen LogP) is 4.21. The molecule has 1 unspecified atom stereocenters. The first-order valence-corrected chi connectivity index (χ1v) is 14.8. The predicted molar refractivity (Wildman–Crippen MR) is 163 cm³/mol. The van der Waals surface area contributed by atoms with Gasteiger partial charge in [0.25, 0.3) is 0 Å². The minimum atomic E-state index is -0.482. The van der Waals surface area contributed by atoms with Crippen molar-refractivity contribution in [2.24, 2.45) is 44.6 Å². The highest BCUT2D eigenvalue weighted by molar-refractivity contribution is 5.02. The fraction of sp³-hybridized carbons (Fsp3) is 1.00. The molecule has 0 amide bonds. The molecule has 1 saturated carbocycles. The van der Waals surface area contributed by atoms with Gasteiger partial charge >= 0.3 is 0 Å². The molecule has 8 nitrogen and oxygen atoms in total. The minimum absolute atomic E-state index is 0.0574. The lowest BCUT2D eigenvalue weighted by Gasteiger charge is -2.51. The smallest absolute Gasteiger partial charge is 0.0637 e. The van der Waals surface area contributed by atoms with E-state index in [0.717, 1.165) is 25.7 Å². The summed E-state index contributed by atoms with van der Waals surface area (Å²) in [6.07, 6.45) is 3.60. The van der Waals surface area contributed by atoms with Gasteiger partial charge in [-0.3, -0.25) is 0 Å². The highest BCUT2D eigenvalue weighted by Gasteiger charge is 2.47. The third-order valence-corrected chi connectivity index (χ3v) is 6.98. The van der Waals surface area contributed by atoms with Gasteiger partial charge in [0, 0.05) is 22.7 Å². The van der Waals surface area contributed by atoms with E-state index in [1.807, 2.05) is 6.92 Å². The van der Waals surface area contributed by atoms with Crippen molar-refractivity contribution in [1.29, 1.82) is 0 Å². The Balaban J connectivity index is 3.01. The summed E-state index contributed by atoms with van der Waals surface area (Å²) >= 11 is 0. The monoisotopic (exact) mass is 559 g/mol. The number of rotatable bonds is 20. The van der Waals surface area contributed by atoms with Crippen LogP contribution in [-0.4, -0.2) is 75.5 Å². The van der Waals surface area contributed by atoms with Gasteiger partial charge in [-0.05, 0) is 83.5 Å². The van der Waals surface area contributed by atoms with Crippen molar-refractivity contribution >= 4 is 0 Å². The van der Waals surface area contributed by atoms with Gasteiger partial charge in [0.15, 0.2) is 0 Å². The van der Waals surface area contributed by atoms with Crippen molar-refractivity contribution in [3.63, 3.8) is 0 Å². The van der Waals surface area contributed by atoms with Crippen LogP contribution in [0.25, 0.3) is 0 Å². The van der Waals surface area contributed by atoms with Crippen LogP contribution in [0, 0.1) is 21.7 Å². The van der Waals surface area contributed by atoms with Gasteiger partial charge in [-0.15, -0.1) is 0 Å². The lowest BCUT2D eigenvalue weighted by Crippen LogP contribution is -2.56. The first-order valence-electron chi connectivity index (χ1n) is 14.8. The summed E-state index contributed by atoms with van der Waals surface area (Å²) in [5.41, 5.74) is 23.8. The second kappa shape index (κ2) is 13.8. The fourth-order valence-corrected chi connectivity index (χ4v) is 6.88. The Morgan fingerprint density at radius 1 is 0.667 bits per heavy atom. The Bertz CT molecular complexity index is 681. The van der Waals surface area contributed by atoms with Gasteiger partial charge < -0.3 is 41.9 Å². The summed E-state index contributed by atoms with van der Waals surface area (Å²) < 4.78 is 25.4. The molecule has 0 bridgehead atoms. The van der Waals surface area contributed by atoms with E-state index >= 15 is 0 Å². The van der Waals surface area contributed by atoms with Crippen molar-refractivity contribution in [2.75, 3.05) is 52.9 Å². The molecule has 1 fully saturated rings. The van der Waals surface area contributed by atoms with E-state index in [2.05, 4.69) is 69.2 Å². The second-order valence-corrected chi connectivity index (χ2v) is 16.9. The van der Waals surface area contributed by atoms with E-state index in [1.165, 1.54) is 0 Å². The van der Waals surface area contributed by atoms with Gasteiger partial charge in [-0.1, -0.05) is 34.6 Å². The molecule has 0 aromatic rings. The van der Waals surface area contributed by atoms with Crippen LogP contribution in [0.3, 0.4) is 0 Å². The zero-order valence-corrected chi connectivity index (χ0v) is 27.5. The third-order valence-electron chi connectivity index (χ3n) is 6.98. The molecule has 0 saturated heterocycles. The van der Waals surface area contributed by atoms with Crippen LogP contribution < -0.4 is 22.9 Å². The molecule has 0 aromatic carbocycles. The van der Waals surface area contributed by atoms with E-state index in [9.17, 15) is 0 Å². The van der Waals surface area contributed by atoms with Gasteiger partial charge in [0.1, 0.15) is 0 Å². The molecule has 1 aliphatic carbocycles. The number of hydrogen-bond donors (Lipinski definition) is 4. The first-order chi connectivity index (χ1) is 17.4. The van der Waals surface area contributed by atoms with Crippen molar-refractivity contribution in [3.8, 4) is 0 Å². The highest BCUT2D eigenvalue weighted by atomic mass is 16.5. The Kier molecular flexibility index (Phi) is 13.0. The Hall–Kier alpha value is -0.320. The van der Waals surface area contributed by atoms with Crippen LogP contribution >= 0.6 is 0 Å². The van der Waals surface area contributed by atoms with Gasteiger partial charge in [-0.25, -0.2) is 0 Å². The summed E-state index contributed by atoms with van der Waals surface area (Å²) in [4.78, 5) is 0. The van der Waals surface area contributed by atoms with Crippen LogP contribution in [0.1, 0.15) is 102 Å². The Labute approximate surface area is 240 Å². The molecule has 1 rings (SSSR count). The van der Waals surface area contributed by atoms with Gasteiger partial charge in [0.2, 0.25) is 0 Å². The summed E-state index contributed by atoms with van der Waals surface area (Å²) in [7, 11) is 0. The van der Waals surface area contributed by atoms with Gasteiger partial charge in [-0.2, -0.15) is 0 Å². The van der Waals surface area contributed by atoms with Crippen molar-refractivity contribution < 1.29 is 18.9 Å². The van der Waals surface area contributed by atoms with Crippen LogP contribution in [0.2, 0.25) is 0 Å². The molecular formula is C31H66N4O4. The molecule has 39 heavy (non-hydrogen) atoms. The van der Waals surface area contributed by atoms with Crippen molar-refractivity contribution in [1.82, 2.24) is 0 Å². The Morgan fingerprint density at radius 2 is 1.05 bits per heavy atom. The molecule has 0 aliphatic heterocycles. The molecular weight excluding hydrogens is 492 g/mol. The molecule has 0 spiro atoms. The normalized spacial score (nSPS) is 24.1. The quantitative estimate of drug-likeness (QED) is 0.174. The van der Waals surface area contributed by atoms with E-state index in [-0.39, 0.29) is 38.9 Å². The maximum Gasteiger partial charge on any atom is 0.0637 e. The summed E-state index contributed by atoms with van der Waals surface area (Å²) in [5.74, 6) is 0. The van der Waals surface area contributed by atoms with E-state index in [0.29, 0.717) is 52.9 Å². The summed E-state index contributed by atoms with van der Waals surface area (Å²) in [5, 5.41) is 0. The maximum atomic E-state index is 6.42. The van der Waals surface area contributed by atoms with Crippen LogP contribution in [0.5, 0.6) is 0 Å². The third kappa shape index (κ3) is 16.0. The lowest BCUT2D eigenvalue weighted by molar-refractivity contribution is -0.137. The summed E-state index contributed by atoms with van der Waals surface area (Å²) in [6, 6.07) is -0.0574. The lowest BCUT2D eigenvalue weighted by atomic mass is 9.60. The molecule has 1 aliphatic rings. The molecule has 1 atom stereocenters.